The average molecular weight is 135 g/mol. The summed E-state index contributed by atoms with van der Waals surface area (Å²) in [5.74, 6) is 0. The van der Waals surface area contributed by atoms with E-state index in [0.717, 1.165) is 11.4 Å². The number of pyridine rings is 1. The lowest BCUT2D eigenvalue weighted by Gasteiger charge is -1.93. The molecule has 2 N–H and O–H groups in total. The van der Waals surface area contributed by atoms with E-state index in [1.165, 1.54) is 0 Å². The van der Waals surface area contributed by atoms with Gasteiger partial charge in [0.05, 0.1) is 17.6 Å². The summed E-state index contributed by atoms with van der Waals surface area (Å²) in [6.45, 7) is 0. The highest BCUT2D eigenvalue weighted by Crippen LogP contribution is 2.21. The van der Waals surface area contributed by atoms with E-state index in [-0.39, 0.29) is 0 Å². The molecular formula is C5H5N3Si. The Morgan fingerprint density at radius 1 is 1.33 bits per heavy atom. The minimum absolute atomic E-state index is 0.606. The quantitative estimate of drug-likeness (QED) is 0.507. The van der Waals surface area contributed by atoms with E-state index in [1.807, 2.05) is 12.3 Å². The zero-order valence-corrected chi connectivity index (χ0v) is 5.68. The fraction of sp³-hybridized carbons (Fsp3) is 0. The van der Waals surface area contributed by atoms with Gasteiger partial charge in [0, 0.05) is 6.20 Å². The predicted octanol–water partition coefficient (Wildman–Crippen LogP) is 0.453. The molecule has 0 saturated carbocycles. The number of aromatic nitrogens is 1. The monoisotopic (exact) mass is 135 g/mol. The summed E-state index contributed by atoms with van der Waals surface area (Å²) in [6.07, 6.45) is 3.60. The van der Waals surface area contributed by atoms with Gasteiger partial charge in [0.2, 0.25) is 0 Å². The molecule has 1 aliphatic heterocycles. The fourth-order valence-corrected chi connectivity index (χ4v) is 1.52. The van der Waals surface area contributed by atoms with Crippen molar-refractivity contribution in [3.05, 3.63) is 18.5 Å². The van der Waals surface area contributed by atoms with Gasteiger partial charge in [-0.3, -0.25) is 4.98 Å². The van der Waals surface area contributed by atoms with Crippen LogP contribution in [0, 0.1) is 0 Å². The molecule has 44 valence electrons. The molecule has 0 fully saturated rings. The third kappa shape index (κ3) is 0.674. The zero-order valence-electron chi connectivity index (χ0n) is 4.68. The van der Waals surface area contributed by atoms with Crippen LogP contribution in [0.4, 0.5) is 11.4 Å². The maximum absolute atomic E-state index is 3.96. The van der Waals surface area contributed by atoms with Crippen molar-refractivity contribution in [3.63, 3.8) is 0 Å². The maximum atomic E-state index is 3.96. The van der Waals surface area contributed by atoms with E-state index in [2.05, 4.69) is 14.9 Å². The third-order valence-electron chi connectivity index (χ3n) is 1.22. The second-order valence-electron chi connectivity index (χ2n) is 1.80. The number of hydrogen-bond acceptors (Lipinski definition) is 3. The number of anilines is 2. The van der Waals surface area contributed by atoms with Gasteiger partial charge in [-0.05, 0) is 6.07 Å². The van der Waals surface area contributed by atoms with Crippen molar-refractivity contribution in [1.82, 2.24) is 4.98 Å². The maximum Gasteiger partial charge on any atom is 0.327 e. The predicted molar refractivity (Wildman–Crippen MR) is 37.2 cm³/mol. The Morgan fingerprint density at radius 2 is 2.22 bits per heavy atom. The molecule has 0 bridgehead atoms. The van der Waals surface area contributed by atoms with E-state index in [1.54, 1.807) is 6.20 Å². The Kier molecular flexibility index (Phi) is 0.926. The normalized spacial score (nSPS) is 13.8. The minimum atomic E-state index is 0.606. The highest BCUT2D eigenvalue weighted by Gasteiger charge is 2.07. The lowest BCUT2D eigenvalue weighted by atomic mass is 10.4. The Balaban J connectivity index is 2.54. The molecular weight excluding hydrogens is 130 g/mol. The summed E-state index contributed by atoms with van der Waals surface area (Å²) in [5, 5.41) is 0. The first-order chi connectivity index (χ1) is 4.47. The van der Waals surface area contributed by atoms with Crippen molar-refractivity contribution < 1.29 is 0 Å². The summed E-state index contributed by atoms with van der Waals surface area (Å²) in [5.41, 5.74) is 2.26. The largest absolute Gasteiger partial charge is 0.392 e. The minimum Gasteiger partial charge on any atom is -0.392 e. The van der Waals surface area contributed by atoms with Crippen LogP contribution in [0.3, 0.4) is 0 Å². The van der Waals surface area contributed by atoms with Gasteiger partial charge in [-0.25, -0.2) is 0 Å². The van der Waals surface area contributed by atoms with Crippen molar-refractivity contribution in [3.8, 4) is 0 Å². The molecule has 0 unspecified atom stereocenters. The Bertz CT molecular complexity index is 202. The SMILES string of the molecule is c1cc2c(cn1)N[Si]N2. The van der Waals surface area contributed by atoms with Gasteiger partial charge in [-0.1, -0.05) is 0 Å². The van der Waals surface area contributed by atoms with Crippen molar-refractivity contribution in [2.45, 2.75) is 0 Å². The van der Waals surface area contributed by atoms with Crippen LogP contribution in [-0.2, 0) is 0 Å². The lowest BCUT2D eigenvalue weighted by molar-refractivity contribution is 1.34. The standard InChI is InChI=1S/C5H5N3Si/c1-2-6-3-5-4(1)7-9-8-5/h1-3,7-8H. The summed E-state index contributed by atoms with van der Waals surface area (Å²) in [6, 6.07) is 1.96. The molecule has 2 rings (SSSR count). The van der Waals surface area contributed by atoms with Crippen LogP contribution in [0.5, 0.6) is 0 Å². The third-order valence-corrected chi connectivity index (χ3v) is 2.00. The summed E-state index contributed by atoms with van der Waals surface area (Å²) < 4.78 is 0. The van der Waals surface area contributed by atoms with E-state index < -0.39 is 0 Å². The van der Waals surface area contributed by atoms with E-state index in [0.29, 0.717) is 9.84 Å². The molecule has 4 heteroatoms. The Morgan fingerprint density at radius 3 is 3.11 bits per heavy atom. The second kappa shape index (κ2) is 1.73. The van der Waals surface area contributed by atoms with Crippen LogP contribution >= 0.6 is 0 Å². The van der Waals surface area contributed by atoms with Gasteiger partial charge >= 0.3 is 9.84 Å². The molecule has 0 spiro atoms. The molecule has 1 aromatic heterocycles. The highest BCUT2D eigenvalue weighted by molar-refractivity contribution is 6.48. The van der Waals surface area contributed by atoms with Crippen LogP contribution in [0.25, 0.3) is 0 Å². The Labute approximate surface area is 55.5 Å². The van der Waals surface area contributed by atoms with Crippen LogP contribution in [-0.4, -0.2) is 14.8 Å². The van der Waals surface area contributed by atoms with Gasteiger partial charge in [0.1, 0.15) is 0 Å². The van der Waals surface area contributed by atoms with Crippen molar-refractivity contribution in [2.24, 2.45) is 0 Å². The smallest absolute Gasteiger partial charge is 0.327 e. The van der Waals surface area contributed by atoms with Crippen molar-refractivity contribution in [1.29, 1.82) is 0 Å². The number of nitrogens with one attached hydrogen (secondary N) is 2. The molecule has 0 atom stereocenters. The van der Waals surface area contributed by atoms with Crippen LogP contribution in [0.15, 0.2) is 18.5 Å². The number of nitrogens with zero attached hydrogens (tertiary/aromatic N) is 1. The summed E-state index contributed by atoms with van der Waals surface area (Å²) in [7, 11) is 0.606. The fourth-order valence-electron chi connectivity index (χ4n) is 0.769. The Hall–Kier alpha value is -1.03. The molecule has 0 amide bonds. The van der Waals surface area contributed by atoms with E-state index in [9.17, 15) is 0 Å². The molecule has 1 aliphatic rings. The van der Waals surface area contributed by atoms with Gasteiger partial charge in [0.15, 0.2) is 0 Å². The molecule has 2 radical (unpaired) electrons. The van der Waals surface area contributed by atoms with Crippen molar-refractivity contribution in [2.75, 3.05) is 9.96 Å². The van der Waals surface area contributed by atoms with Gasteiger partial charge in [0.25, 0.3) is 0 Å². The molecule has 2 heterocycles. The molecule has 1 aromatic rings. The highest BCUT2D eigenvalue weighted by atomic mass is 28.2. The first kappa shape index (κ1) is 4.81. The molecule has 0 aliphatic carbocycles. The molecule has 0 aromatic carbocycles. The lowest BCUT2D eigenvalue weighted by Crippen LogP contribution is -2.05. The first-order valence-corrected chi connectivity index (χ1v) is 3.68. The number of rotatable bonds is 0. The topological polar surface area (TPSA) is 37.0 Å². The zero-order chi connectivity index (χ0) is 6.10. The molecule has 0 saturated heterocycles. The van der Waals surface area contributed by atoms with Crippen LogP contribution in [0.2, 0.25) is 0 Å². The van der Waals surface area contributed by atoms with Crippen LogP contribution < -0.4 is 9.96 Å². The average Bonchev–Trinajstić information content (AvgIpc) is 2.33. The first-order valence-electron chi connectivity index (χ1n) is 2.68. The molecule has 3 nitrogen and oxygen atoms in total. The van der Waals surface area contributed by atoms with E-state index in [4.69, 9.17) is 0 Å². The molecule has 9 heavy (non-hydrogen) atoms. The number of fused-ring (bicyclic) bond motifs is 1. The van der Waals surface area contributed by atoms with Gasteiger partial charge in [-0.2, -0.15) is 0 Å². The van der Waals surface area contributed by atoms with E-state index >= 15 is 0 Å². The van der Waals surface area contributed by atoms with Gasteiger partial charge in [-0.15, -0.1) is 0 Å². The summed E-state index contributed by atoms with van der Waals surface area (Å²) in [4.78, 5) is 10.3. The number of hydrogen-bond donors (Lipinski definition) is 2. The van der Waals surface area contributed by atoms with Gasteiger partial charge < -0.3 is 9.96 Å². The van der Waals surface area contributed by atoms with Crippen LogP contribution in [0.1, 0.15) is 0 Å². The summed E-state index contributed by atoms with van der Waals surface area (Å²) >= 11 is 0. The van der Waals surface area contributed by atoms with Crippen molar-refractivity contribution >= 4 is 21.2 Å². The second-order valence-corrected chi connectivity index (χ2v) is 2.55.